The Kier molecular flexibility index (Phi) is 4.53. The number of carbonyl (C=O) groups excluding carboxylic acids is 1. The van der Waals surface area contributed by atoms with Crippen molar-refractivity contribution in [1.29, 1.82) is 0 Å². The summed E-state index contributed by atoms with van der Waals surface area (Å²) in [5, 5.41) is 0. The van der Waals surface area contributed by atoms with Gasteiger partial charge in [0.05, 0.1) is 0 Å². The van der Waals surface area contributed by atoms with Gasteiger partial charge in [0.1, 0.15) is 22.3 Å². The van der Waals surface area contributed by atoms with Gasteiger partial charge in [0.15, 0.2) is 0 Å². The molecule has 9 heteroatoms. The van der Waals surface area contributed by atoms with Crippen molar-refractivity contribution < 1.29 is 26.4 Å². The lowest BCUT2D eigenvalue weighted by Crippen LogP contribution is -2.37. The van der Waals surface area contributed by atoms with E-state index in [1.807, 2.05) is 0 Å². The number of benzene rings is 2. The Morgan fingerprint density at radius 2 is 1.76 bits per heavy atom. The summed E-state index contributed by atoms with van der Waals surface area (Å²) < 4.78 is 66.9. The number of sulfonamides is 1. The van der Waals surface area contributed by atoms with E-state index >= 15 is 0 Å². The summed E-state index contributed by atoms with van der Waals surface area (Å²) in [4.78, 5) is 12.5. The molecule has 1 amide bonds. The van der Waals surface area contributed by atoms with Crippen LogP contribution in [0.2, 0.25) is 0 Å². The molecule has 1 fully saturated rings. The Labute approximate surface area is 142 Å². The first-order valence-corrected chi connectivity index (χ1v) is 8.78. The number of anilines is 1. The quantitative estimate of drug-likeness (QED) is 0.897. The second-order valence-corrected chi connectivity index (χ2v) is 7.26. The Bertz CT molecular complexity index is 934. The summed E-state index contributed by atoms with van der Waals surface area (Å²) in [6.07, 6.45) is -0.174. The van der Waals surface area contributed by atoms with E-state index in [-0.39, 0.29) is 13.0 Å². The minimum Gasteiger partial charge on any atom is -0.311 e. The first-order chi connectivity index (χ1) is 11.8. The average molecular weight is 370 g/mol. The van der Waals surface area contributed by atoms with Gasteiger partial charge < -0.3 is 4.90 Å². The smallest absolute Gasteiger partial charge is 0.243 e. The molecular weight excluding hydrogens is 357 g/mol. The highest BCUT2D eigenvalue weighted by molar-refractivity contribution is 7.89. The average Bonchev–Trinajstić information content (AvgIpc) is 2.89. The zero-order valence-electron chi connectivity index (χ0n) is 12.7. The van der Waals surface area contributed by atoms with Gasteiger partial charge in [-0.1, -0.05) is 6.07 Å². The van der Waals surface area contributed by atoms with Gasteiger partial charge in [-0.25, -0.2) is 26.3 Å². The highest BCUT2D eigenvalue weighted by atomic mass is 32.2. The van der Waals surface area contributed by atoms with Crippen LogP contribution in [0, 0.1) is 17.5 Å². The van der Waals surface area contributed by atoms with Gasteiger partial charge in [0.25, 0.3) is 0 Å². The van der Waals surface area contributed by atoms with Crippen molar-refractivity contribution in [2.45, 2.75) is 17.4 Å². The van der Waals surface area contributed by atoms with Crippen LogP contribution in [0.5, 0.6) is 0 Å². The van der Waals surface area contributed by atoms with Crippen LogP contribution in [0.4, 0.5) is 18.9 Å². The molecule has 0 aromatic heterocycles. The third kappa shape index (κ3) is 3.67. The number of nitrogens with one attached hydrogen (secondary N) is 1. The van der Waals surface area contributed by atoms with Crippen LogP contribution in [-0.4, -0.2) is 26.9 Å². The van der Waals surface area contributed by atoms with Gasteiger partial charge in [-0.15, -0.1) is 0 Å². The molecule has 25 heavy (non-hydrogen) atoms. The second kappa shape index (κ2) is 6.49. The molecule has 0 unspecified atom stereocenters. The molecule has 2 aromatic carbocycles. The van der Waals surface area contributed by atoms with Gasteiger partial charge in [-0.2, -0.15) is 0 Å². The molecule has 132 valence electrons. The van der Waals surface area contributed by atoms with Crippen molar-refractivity contribution in [1.82, 2.24) is 4.72 Å². The second-order valence-electron chi connectivity index (χ2n) is 5.58. The van der Waals surface area contributed by atoms with Crippen molar-refractivity contribution in [2.24, 2.45) is 0 Å². The molecule has 1 heterocycles. The van der Waals surface area contributed by atoms with Gasteiger partial charge in [0.2, 0.25) is 15.9 Å². The van der Waals surface area contributed by atoms with Gasteiger partial charge >= 0.3 is 0 Å². The van der Waals surface area contributed by atoms with Crippen LogP contribution in [0.25, 0.3) is 0 Å². The number of carbonyl (C=O) groups is 1. The minimum atomic E-state index is -4.35. The molecule has 0 bridgehead atoms. The normalized spacial score (nSPS) is 18.0. The number of halogens is 3. The monoisotopic (exact) mass is 370 g/mol. The molecular formula is C16H13F3N2O3S. The molecule has 1 atom stereocenters. The maximum atomic E-state index is 13.7. The Hall–Kier alpha value is -2.39. The van der Waals surface area contributed by atoms with Gasteiger partial charge in [-0.3, -0.25) is 4.79 Å². The van der Waals surface area contributed by atoms with Crippen molar-refractivity contribution in [3.8, 4) is 0 Å². The largest absolute Gasteiger partial charge is 0.311 e. The van der Waals surface area contributed by atoms with Crippen molar-refractivity contribution in [2.75, 3.05) is 11.4 Å². The topological polar surface area (TPSA) is 66.5 Å². The predicted octanol–water partition coefficient (Wildman–Crippen LogP) is 2.19. The van der Waals surface area contributed by atoms with Crippen molar-refractivity contribution in [3.05, 3.63) is 59.9 Å². The highest BCUT2D eigenvalue weighted by Gasteiger charge is 2.34. The highest BCUT2D eigenvalue weighted by Crippen LogP contribution is 2.24. The summed E-state index contributed by atoms with van der Waals surface area (Å²) >= 11 is 0. The van der Waals surface area contributed by atoms with Crippen LogP contribution < -0.4 is 9.62 Å². The number of hydrogen-bond acceptors (Lipinski definition) is 3. The molecule has 1 N–H and O–H groups in total. The van der Waals surface area contributed by atoms with Crippen molar-refractivity contribution >= 4 is 21.6 Å². The SMILES string of the molecule is O=C1C[C@H](NS(=O)(=O)c2cc(F)ccc2F)CN1c1cccc(F)c1. The third-order valence-corrected chi connectivity index (χ3v) is 5.29. The fourth-order valence-electron chi connectivity index (χ4n) is 2.65. The molecule has 1 aliphatic rings. The number of amides is 1. The Morgan fingerprint density at radius 1 is 1.04 bits per heavy atom. The molecule has 1 aliphatic heterocycles. The molecule has 0 saturated carbocycles. The van der Waals surface area contributed by atoms with E-state index in [1.54, 1.807) is 0 Å². The minimum absolute atomic E-state index is 0.0432. The maximum Gasteiger partial charge on any atom is 0.243 e. The Morgan fingerprint density at radius 3 is 2.48 bits per heavy atom. The third-order valence-electron chi connectivity index (χ3n) is 3.75. The van der Waals surface area contributed by atoms with Crippen LogP contribution in [0.3, 0.4) is 0 Å². The standard InChI is InChI=1S/C16H13F3N2O3S/c17-10-2-1-3-13(6-10)21-9-12(8-16(21)22)20-25(23,24)15-7-11(18)4-5-14(15)19/h1-7,12,20H,8-9H2/t12-/m0/s1. The van der Waals surface area contributed by atoms with E-state index in [9.17, 15) is 26.4 Å². The molecule has 0 spiro atoms. The van der Waals surface area contributed by atoms with Gasteiger partial charge in [0, 0.05) is 24.7 Å². The maximum absolute atomic E-state index is 13.7. The fourth-order valence-corrected chi connectivity index (χ4v) is 3.96. The van der Waals surface area contributed by atoms with E-state index < -0.39 is 44.3 Å². The fraction of sp³-hybridized carbons (Fsp3) is 0.188. The predicted molar refractivity (Wildman–Crippen MR) is 83.8 cm³/mol. The zero-order valence-corrected chi connectivity index (χ0v) is 13.6. The summed E-state index contributed by atoms with van der Waals surface area (Å²) in [5.41, 5.74) is 0.295. The number of hydrogen-bond donors (Lipinski definition) is 1. The molecule has 2 aromatic rings. The first kappa shape index (κ1) is 17.4. The molecule has 5 nitrogen and oxygen atoms in total. The molecule has 1 saturated heterocycles. The van der Waals surface area contributed by atoms with Crippen molar-refractivity contribution in [3.63, 3.8) is 0 Å². The van der Waals surface area contributed by atoms with Crippen LogP contribution in [-0.2, 0) is 14.8 Å². The van der Waals surface area contributed by atoms with E-state index in [2.05, 4.69) is 4.72 Å². The van der Waals surface area contributed by atoms with Crippen LogP contribution >= 0.6 is 0 Å². The molecule has 0 radical (unpaired) electrons. The van der Waals surface area contributed by atoms with E-state index in [0.29, 0.717) is 17.8 Å². The van der Waals surface area contributed by atoms with E-state index in [1.165, 1.54) is 23.1 Å². The number of nitrogens with zero attached hydrogens (tertiary/aromatic N) is 1. The summed E-state index contributed by atoms with van der Waals surface area (Å²) in [7, 11) is -4.35. The lowest BCUT2D eigenvalue weighted by atomic mass is 10.3. The summed E-state index contributed by atoms with van der Waals surface area (Å²) in [6, 6.07) is 6.56. The molecule has 0 aliphatic carbocycles. The van der Waals surface area contributed by atoms with E-state index in [0.717, 1.165) is 12.1 Å². The van der Waals surface area contributed by atoms with Crippen LogP contribution in [0.1, 0.15) is 6.42 Å². The molecule has 3 rings (SSSR count). The summed E-state index contributed by atoms with van der Waals surface area (Å²) in [6.45, 7) is -0.0432. The summed E-state index contributed by atoms with van der Waals surface area (Å²) in [5.74, 6) is -2.93. The van der Waals surface area contributed by atoms with Gasteiger partial charge in [-0.05, 0) is 36.4 Å². The van der Waals surface area contributed by atoms with E-state index in [4.69, 9.17) is 0 Å². The van der Waals surface area contributed by atoms with Crippen LogP contribution in [0.15, 0.2) is 47.4 Å². The Balaban J connectivity index is 1.80. The first-order valence-electron chi connectivity index (χ1n) is 7.29. The number of rotatable bonds is 4. The zero-order chi connectivity index (χ0) is 18.2. The lowest BCUT2D eigenvalue weighted by Gasteiger charge is -2.17. The lowest BCUT2D eigenvalue weighted by molar-refractivity contribution is -0.117.